The van der Waals surface area contributed by atoms with Crippen LogP contribution >= 0.6 is 0 Å². The number of anilines is 2. The summed E-state index contributed by atoms with van der Waals surface area (Å²) in [6.07, 6.45) is 8.54. The molecule has 12 heteroatoms. The molecule has 0 radical (unpaired) electrons. The van der Waals surface area contributed by atoms with E-state index in [1.165, 1.54) is 6.33 Å². The third-order valence-electron chi connectivity index (χ3n) is 5.57. The van der Waals surface area contributed by atoms with Crippen molar-refractivity contribution in [3.8, 4) is 5.69 Å². The number of nitrogens with one attached hydrogen (secondary N) is 4. The minimum atomic E-state index is -0.551. The fraction of sp³-hybridized carbons (Fsp3) is 0.182. The lowest BCUT2D eigenvalue weighted by atomic mass is 10.2. The molecular formula is C22H20N10O2. The minimum Gasteiger partial charge on any atom is -0.367 e. The first-order chi connectivity index (χ1) is 16.6. The third-order valence-corrected chi connectivity index (χ3v) is 5.57. The minimum absolute atomic E-state index is 0.151. The maximum Gasteiger partial charge on any atom is 0.326 e. The second kappa shape index (κ2) is 7.99. The number of carbonyl (C=O) groups excluding carboxylic acids is 2. The number of aromatic nitrogens is 6. The summed E-state index contributed by atoms with van der Waals surface area (Å²) in [7, 11) is 0. The second-order valence-electron chi connectivity index (χ2n) is 8.07. The molecule has 3 amide bonds. The molecule has 2 aliphatic rings. The van der Waals surface area contributed by atoms with Gasteiger partial charge >= 0.3 is 6.03 Å². The molecule has 1 aliphatic heterocycles. The molecular weight excluding hydrogens is 436 g/mol. The lowest BCUT2D eigenvalue weighted by Crippen LogP contribution is -2.22. The zero-order chi connectivity index (χ0) is 23.1. The number of fused-ring (bicyclic) bond motifs is 1. The Balaban J connectivity index is 1.34. The third kappa shape index (κ3) is 3.81. The zero-order valence-corrected chi connectivity index (χ0v) is 17.9. The highest BCUT2D eigenvalue weighted by atomic mass is 16.2. The molecule has 4 aromatic rings. The lowest BCUT2D eigenvalue weighted by Gasteiger charge is -2.13. The van der Waals surface area contributed by atoms with Gasteiger partial charge in [0.2, 0.25) is 0 Å². The highest BCUT2D eigenvalue weighted by Crippen LogP contribution is 2.28. The standard InChI is InChI=1S/C22H20N10O2/c33-21-16(28-22(34)30-21)7-14-10-25-32-19(27-15-5-6-15)8-18(29-20(14)32)24-9-13-3-1-2-4-17(13)31-12-23-11-26-31/h1-4,7-8,10-12,15,27H,5-6,9H2,(H,24,29)(H2,28,30,33,34)/b16-7-. The fourth-order valence-electron chi connectivity index (χ4n) is 3.75. The van der Waals surface area contributed by atoms with Crippen LogP contribution in [0.25, 0.3) is 17.4 Å². The van der Waals surface area contributed by atoms with Crippen LogP contribution in [0.2, 0.25) is 0 Å². The van der Waals surface area contributed by atoms with Crippen molar-refractivity contribution in [1.82, 2.24) is 40.0 Å². The Labute approximate surface area is 193 Å². The molecule has 0 atom stereocenters. The molecule has 1 saturated carbocycles. The number of urea groups is 1. The Hall–Kier alpha value is -4.74. The number of benzene rings is 1. The maximum absolute atomic E-state index is 12.0. The average molecular weight is 456 g/mol. The molecule has 1 aliphatic carbocycles. The van der Waals surface area contributed by atoms with Gasteiger partial charge in [-0.2, -0.15) is 14.7 Å². The van der Waals surface area contributed by atoms with Crippen molar-refractivity contribution in [3.05, 3.63) is 66.0 Å². The van der Waals surface area contributed by atoms with Crippen molar-refractivity contribution in [2.45, 2.75) is 25.4 Å². The van der Waals surface area contributed by atoms with Crippen LogP contribution in [0.3, 0.4) is 0 Å². The van der Waals surface area contributed by atoms with E-state index in [0.29, 0.717) is 29.6 Å². The summed E-state index contributed by atoms with van der Waals surface area (Å²) < 4.78 is 3.42. The van der Waals surface area contributed by atoms with Gasteiger partial charge in [0.05, 0.1) is 11.9 Å². The quantitative estimate of drug-likeness (QED) is 0.243. The molecule has 170 valence electrons. The monoisotopic (exact) mass is 456 g/mol. The molecule has 3 aromatic heterocycles. The van der Waals surface area contributed by atoms with E-state index in [0.717, 1.165) is 29.9 Å². The predicted molar refractivity (Wildman–Crippen MR) is 123 cm³/mol. The van der Waals surface area contributed by atoms with Crippen LogP contribution in [0.5, 0.6) is 0 Å². The highest BCUT2D eigenvalue weighted by molar-refractivity contribution is 6.14. The van der Waals surface area contributed by atoms with Crippen LogP contribution in [0.1, 0.15) is 24.0 Å². The molecule has 1 saturated heterocycles. The molecule has 0 unspecified atom stereocenters. The first-order valence-electron chi connectivity index (χ1n) is 10.8. The summed E-state index contributed by atoms with van der Waals surface area (Å²) in [5, 5.41) is 20.3. The summed E-state index contributed by atoms with van der Waals surface area (Å²) >= 11 is 0. The Morgan fingerprint density at radius 3 is 2.79 bits per heavy atom. The summed E-state index contributed by atoms with van der Waals surface area (Å²) in [5.41, 5.74) is 3.26. The Morgan fingerprint density at radius 1 is 1.15 bits per heavy atom. The average Bonchev–Trinajstić information content (AvgIpc) is 3.20. The molecule has 6 rings (SSSR count). The number of rotatable bonds is 7. The second-order valence-corrected chi connectivity index (χ2v) is 8.07. The number of para-hydroxylation sites is 1. The van der Waals surface area contributed by atoms with E-state index >= 15 is 0 Å². The molecule has 0 bridgehead atoms. The number of hydrogen-bond acceptors (Lipinski definition) is 8. The lowest BCUT2D eigenvalue weighted by molar-refractivity contribution is -0.115. The van der Waals surface area contributed by atoms with E-state index in [1.54, 1.807) is 27.8 Å². The van der Waals surface area contributed by atoms with E-state index in [9.17, 15) is 9.59 Å². The molecule has 12 nitrogen and oxygen atoms in total. The molecule has 0 spiro atoms. The molecule has 34 heavy (non-hydrogen) atoms. The van der Waals surface area contributed by atoms with Crippen molar-refractivity contribution < 1.29 is 9.59 Å². The fourth-order valence-corrected chi connectivity index (χ4v) is 3.75. The van der Waals surface area contributed by atoms with E-state index in [4.69, 9.17) is 4.98 Å². The van der Waals surface area contributed by atoms with Gasteiger partial charge in [-0.25, -0.2) is 19.4 Å². The number of carbonyl (C=O) groups is 2. The SMILES string of the molecule is O=C1NC(=O)/C(=C/c2cnn3c(NC4CC4)cc(NCc4ccccc4-n4cncn4)nc23)N1. The first-order valence-corrected chi connectivity index (χ1v) is 10.8. The Morgan fingerprint density at radius 2 is 2.03 bits per heavy atom. The Bertz CT molecular complexity index is 1440. The van der Waals surface area contributed by atoms with Gasteiger partial charge in [0.25, 0.3) is 5.91 Å². The van der Waals surface area contributed by atoms with Gasteiger partial charge in [0.1, 0.15) is 30.0 Å². The van der Waals surface area contributed by atoms with Gasteiger partial charge in [-0.3, -0.25) is 10.1 Å². The van der Waals surface area contributed by atoms with Crippen molar-refractivity contribution in [3.63, 3.8) is 0 Å². The molecule has 4 heterocycles. The zero-order valence-electron chi connectivity index (χ0n) is 17.9. The van der Waals surface area contributed by atoms with Crippen molar-refractivity contribution >= 4 is 35.3 Å². The number of amides is 3. The van der Waals surface area contributed by atoms with Gasteiger partial charge in [-0.15, -0.1) is 0 Å². The van der Waals surface area contributed by atoms with Gasteiger partial charge in [0.15, 0.2) is 5.65 Å². The van der Waals surface area contributed by atoms with Crippen molar-refractivity contribution in [2.24, 2.45) is 0 Å². The summed E-state index contributed by atoms with van der Waals surface area (Å²) in [4.78, 5) is 32.2. The van der Waals surface area contributed by atoms with E-state index < -0.39 is 11.9 Å². The predicted octanol–water partition coefficient (Wildman–Crippen LogP) is 1.68. The van der Waals surface area contributed by atoms with Gasteiger partial charge in [-0.1, -0.05) is 18.2 Å². The largest absolute Gasteiger partial charge is 0.367 e. The number of hydrogen-bond donors (Lipinski definition) is 4. The van der Waals surface area contributed by atoms with Crippen molar-refractivity contribution in [1.29, 1.82) is 0 Å². The highest BCUT2D eigenvalue weighted by Gasteiger charge is 2.25. The van der Waals surface area contributed by atoms with E-state index in [1.807, 2.05) is 30.3 Å². The van der Waals surface area contributed by atoms with Gasteiger partial charge in [-0.05, 0) is 30.5 Å². The van der Waals surface area contributed by atoms with Crippen LogP contribution in [0, 0.1) is 0 Å². The number of imide groups is 1. The maximum atomic E-state index is 12.0. The topological polar surface area (TPSA) is 143 Å². The van der Waals surface area contributed by atoms with Gasteiger partial charge < -0.3 is 16.0 Å². The van der Waals surface area contributed by atoms with Crippen LogP contribution < -0.4 is 21.3 Å². The van der Waals surface area contributed by atoms with E-state index in [2.05, 4.69) is 36.4 Å². The van der Waals surface area contributed by atoms with Crippen LogP contribution in [0.15, 0.2) is 54.9 Å². The van der Waals surface area contributed by atoms with E-state index in [-0.39, 0.29) is 5.70 Å². The molecule has 2 fully saturated rings. The smallest absolute Gasteiger partial charge is 0.326 e. The number of nitrogens with zero attached hydrogens (tertiary/aromatic N) is 6. The Kier molecular flexibility index (Phi) is 4.68. The summed E-state index contributed by atoms with van der Waals surface area (Å²) in [6, 6.07) is 9.68. The normalized spacial score (nSPS) is 16.6. The molecule has 4 N–H and O–H groups in total. The van der Waals surface area contributed by atoms with Crippen LogP contribution in [-0.4, -0.2) is 47.3 Å². The first kappa shape index (κ1) is 19.9. The van der Waals surface area contributed by atoms with Crippen LogP contribution in [0.4, 0.5) is 16.4 Å². The summed E-state index contributed by atoms with van der Waals surface area (Å²) in [6.45, 7) is 0.505. The summed E-state index contributed by atoms with van der Waals surface area (Å²) in [5.74, 6) is 0.952. The van der Waals surface area contributed by atoms with Crippen LogP contribution in [-0.2, 0) is 11.3 Å². The molecule has 1 aromatic carbocycles. The van der Waals surface area contributed by atoms with Crippen molar-refractivity contribution in [2.75, 3.05) is 10.6 Å². The van der Waals surface area contributed by atoms with Gasteiger partial charge in [0, 0.05) is 24.2 Å².